The maximum absolute atomic E-state index is 12.2. The van der Waals surface area contributed by atoms with Gasteiger partial charge < -0.3 is 15.0 Å². The van der Waals surface area contributed by atoms with Gasteiger partial charge in [0.1, 0.15) is 5.75 Å². The van der Waals surface area contributed by atoms with Crippen LogP contribution in [0.3, 0.4) is 0 Å². The molecule has 1 atom stereocenters. The molecule has 2 aromatic carbocycles. The molecule has 0 saturated heterocycles. The Morgan fingerprint density at radius 2 is 1.77 bits per heavy atom. The average molecular weight is 354 g/mol. The molecular weight excluding hydrogens is 328 g/mol. The van der Waals surface area contributed by atoms with Gasteiger partial charge in [0.15, 0.2) is 5.78 Å². The average Bonchev–Trinajstić information content (AvgIpc) is 2.66. The summed E-state index contributed by atoms with van der Waals surface area (Å²) in [6, 6.07) is 16.9. The number of hydrogen-bond acceptors (Lipinski definition) is 4. The second kappa shape index (κ2) is 9.73. The van der Waals surface area contributed by atoms with E-state index < -0.39 is 0 Å². The van der Waals surface area contributed by atoms with Crippen molar-refractivity contribution in [3.05, 3.63) is 65.7 Å². The van der Waals surface area contributed by atoms with E-state index in [9.17, 15) is 9.59 Å². The molecular formula is C21H26N2O3. The van der Waals surface area contributed by atoms with Crippen LogP contribution in [0, 0.1) is 0 Å². The van der Waals surface area contributed by atoms with Crippen molar-refractivity contribution < 1.29 is 14.3 Å². The summed E-state index contributed by atoms with van der Waals surface area (Å²) in [6.45, 7) is 0.471. The fourth-order valence-electron chi connectivity index (χ4n) is 2.74. The van der Waals surface area contributed by atoms with Gasteiger partial charge in [0.05, 0.1) is 13.2 Å². The summed E-state index contributed by atoms with van der Waals surface area (Å²) in [5.41, 5.74) is 1.71. The van der Waals surface area contributed by atoms with Crippen molar-refractivity contribution in [1.29, 1.82) is 0 Å². The van der Waals surface area contributed by atoms with E-state index in [4.69, 9.17) is 4.74 Å². The normalized spacial score (nSPS) is 11.8. The van der Waals surface area contributed by atoms with Crippen molar-refractivity contribution in [2.75, 3.05) is 27.7 Å². The molecule has 1 N–H and O–H groups in total. The first kappa shape index (κ1) is 19.7. The number of nitrogens with one attached hydrogen (secondary N) is 1. The summed E-state index contributed by atoms with van der Waals surface area (Å²) in [5, 5.41) is 2.93. The lowest BCUT2D eigenvalue weighted by molar-refractivity contribution is -0.121. The van der Waals surface area contributed by atoms with Gasteiger partial charge in [-0.1, -0.05) is 42.5 Å². The summed E-state index contributed by atoms with van der Waals surface area (Å²) in [5.74, 6) is 0.649. The number of nitrogens with zero attached hydrogens (tertiary/aromatic N) is 1. The van der Waals surface area contributed by atoms with Crippen LogP contribution in [-0.2, 0) is 4.79 Å². The first-order valence-corrected chi connectivity index (χ1v) is 8.66. The van der Waals surface area contributed by atoms with E-state index in [-0.39, 0.29) is 30.6 Å². The Hall–Kier alpha value is -2.66. The highest BCUT2D eigenvalue weighted by Crippen LogP contribution is 2.22. The summed E-state index contributed by atoms with van der Waals surface area (Å²) in [4.78, 5) is 26.3. The van der Waals surface area contributed by atoms with Gasteiger partial charge in [-0.3, -0.25) is 9.59 Å². The van der Waals surface area contributed by atoms with Gasteiger partial charge in [0, 0.05) is 24.9 Å². The number of carbonyl (C=O) groups is 2. The van der Waals surface area contributed by atoms with E-state index in [1.54, 1.807) is 19.2 Å². The Morgan fingerprint density at radius 3 is 2.42 bits per heavy atom. The minimum Gasteiger partial charge on any atom is -0.497 e. The van der Waals surface area contributed by atoms with E-state index in [0.717, 1.165) is 11.3 Å². The zero-order chi connectivity index (χ0) is 18.9. The quantitative estimate of drug-likeness (QED) is 0.703. The van der Waals surface area contributed by atoms with Gasteiger partial charge in [-0.25, -0.2) is 0 Å². The molecule has 138 valence electrons. The molecule has 0 heterocycles. The summed E-state index contributed by atoms with van der Waals surface area (Å²) >= 11 is 0. The first-order valence-electron chi connectivity index (χ1n) is 8.66. The van der Waals surface area contributed by atoms with E-state index in [1.807, 2.05) is 61.5 Å². The highest BCUT2D eigenvalue weighted by atomic mass is 16.5. The van der Waals surface area contributed by atoms with Crippen molar-refractivity contribution >= 4 is 11.7 Å². The van der Waals surface area contributed by atoms with Crippen LogP contribution in [0.15, 0.2) is 54.6 Å². The first-order chi connectivity index (χ1) is 12.5. The number of rotatable bonds is 9. The van der Waals surface area contributed by atoms with Crippen LogP contribution < -0.4 is 10.1 Å². The topological polar surface area (TPSA) is 58.6 Å². The van der Waals surface area contributed by atoms with Crippen LogP contribution in [0.25, 0.3) is 0 Å². The molecule has 5 nitrogen and oxygen atoms in total. The molecule has 0 fully saturated rings. The van der Waals surface area contributed by atoms with Crippen molar-refractivity contribution in [2.24, 2.45) is 0 Å². The van der Waals surface area contributed by atoms with Crippen LogP contribution in [-0.4, -0.2) is 44.3 Å². The lowest BCUT2D eigenvalue weighted by Gasteiger charge is -2.25. The van der Waals surface area contributed by atoms with Gasteiger partial charge in [-0.15, -0.1) is 0 Å². The number of ketones is 1. The highest BCUT2D eigenvalue weighted by Gasteiger charge is 2.16. The van der Waals surface area contributed by atoms with Crippen LogP contribution >= 0.6 is 0 Å². The maximum atomic E-state index is 12.2. The van der Waals surface area contributed by atoms with Crippen molar-refractivity contribution in [1.82, 2.24) is 10.2 Å². The van der Waals surface area contributed by atoms with Gasteiger partial charge in [0.2, 0.25) is 5.91 Å². The summed E-state index contributed by atoms with van der Waals surface area (Å²) in [6.07, 6.45) is 0.396. The molecule has 5 heteroatoms. The van der Waals surface area contributed by atoms with Crippen LogP contribution in [0.2, 0.25) is 0 Å². The molecule has 0 aliphatic carbocycles. The maximum Gasteiger partial charge on any atom is 0.220 e. The van der Waals surface area contributed by atoms with Crippen LogP contribution in [0.5, 0.6) is 5.75 Å². The third-order valence-corrected chi connectivity index (χ3v) is 4.27. The lowest BCUT2D eigenvalue weighted by atomic mass is 10.0. The number of benzene rings is 2. The Bertz CT molecular complexity index is 729. The van der Waals surface area contributed by atoms with Crippen molar-refractivity contribution in [3.8, 4) is 5.75 Å². The third-order valence-electron chi connectivity index (χ3n) is 4.27. The molecule has 2 aromatic rings. The molecule has 0 aromatic heterocycles. The summed E-state index contributed by atoms with van der Waals surface area (Å²) in [7, 11) is 5.57. The predicted octanol–water partition coefficient (Wildman–Crippen LogP) is 3.08. The SMILES string of the molecule is COc1cccc(C(CNC(=O)CCC(=O)c2ccccc2)N(C)C)c1. The van der Waals surface area contributed by atoms with Gasteiger partial charge >= 0.3 is 0 Å². The second-order valence-corrected chi connectivity index (χ2v) is 6.35. The largest absolute Gasteiger partial charge is 0.497 e. The molecule has 0 aliphatic rings. The predicted molar refractivity (Wildman–Crippen MR) is 102 cm³/mol. The Balaban J connectivity index is 1.88. The van der Waals surface area contributed by atoms with E-state index in [2.05, 4.69) is 5.32 Å². The second-order valence-electron chi connectivity index (χ2n) is 6.35. The van der Waals surface area contributed by atoms with Gasteiger partial charge in [-0.2, -0.15) is 0 Å². The third kappa shape index (κ3) is 5.70. The van der Waals surface area contributed by atoms with Crippen LogP contribution in [0.1, 0.15) is 34.8 Å². The fraction of sp³-hybridized carbons (Fsp3) is 0.333. The molecule has 1 unspecified atom stereocenters. The summed E-state index contributed by atoms with van der Waals surface area (Å²) < 4.78 is 5.27. The zero-order valence-electron chi connectivity index (χ0n) is 15.6. The number of Topliss-reactive ketones (excluding diaryl/α,β-unsaturated/α-hetero) is 1. The number of methoxy groups -OCH3 is 1. The number of hydrogen-bond donors (Lipinski definition) is 1. The molecule has 0 aliphatic heterocycles. The van der Waals surface area contributed by atoms with E-state index >= 15 is 0 Å². The lowest BCUT2D eigenvalue weighted by Crippen LogP contribution is -2.34. The smallest absolute Gasteiger partial charge is 0.220 e. The Labute approximate surface area is 155 Å². The number of likely N-dealkylation sites (N-methyl/N-ethyl adjacent to an activating group) is 1. The number of amides is 1. The van der Waals surface area contributed by atoms with Crippen LogP contribution in [0.4, 0.5) is 0 Å². The molecule has 1 amide bonds. The Kier molecular flexibility index (Phi) is 7.36. The van der Waals surface area contributed by atoms with Crippen molar-refractivity contribution in [2.45, 2.75) is 18.9 Å². The zero-order valence-corrected chi connectivity index (χ0v) is 15.6. The molecule has 0 saturated carbocycles. The highest BCUT2D eigenvalue weighted by molar-refractivity contribution is 5.97. The van der Waals surface area contributed by atoms with Crippen molar-refractivity contribution in [3.63, 3.8) is 0 Å². The molecule has 2 rings (SSSR count). The molecule has 26 heavy (non-hydrogen) atoms. The minimum atomic E-state index is -0.121. The standard InChI is InChI=1S/C21H26N2O3/c1-23(2)19(17-10-7-11-18(14-17)26-3)15-22-21(25)13-12-20(24)16-8-5-4-6-9-16/h4-11,14,19H,12-13,15H2,1-3H3,(H,22,25). The fourth-order valence-corrected chi connectivity index (χ4v) is 2.74. The number of carbonyl (C=O) groups excluding carboxylic acids is 2. The monoisotopic (exact) mass is 354 g/mol. The number of ether oxygens (including phenoxy) is 1. The molecule has 0 spiro atoms. The van der Waals surface area contributed by atoms with E-state index in [0.29, 0.717) is 12.1 Å². The van der Waals surface area contributed by atoms with Gasteiger partial charge in [0.25, 0.3) is 0 Å². The minimum absolute atomic E-state index is 0.0160. The molecule has 0 radical (unpaired) electrons. The van der Waals surface area contributed by atoms with Gasteiger partial charge in [-0.05, 0) is 31.8 Å². The molecule has 0 bridgehead atoms. The Morgan fingerprint density at radius 1 is 1.04 bits per heavy atom. The van der Waals surface area contributed by atoms with E-state index in [1.165, 1.54) is 0 Å².